The molecule has 7 nitrogen and oxygen atoms in total. The predicted octanol–water partition coefficient (Wildman–Crippen LogP) is 4.00. The number of halogens is 1. The van der Waals surface area contributed by atoms with Crippen molar-refractivity contribution in [3.63, 3.8) is 0 Å². The van der Waals surface area contributed by atoms with Crippen molar-refractivity contribution in [1.82, 2.24) is 13.9 Å². The number of amides is 2. The van der Waals surface area contributed by atoms with Crippen LogP contribution in [0.4, 0.5) is 5.69 Å². The highest BCUT2D eigenvalue weighted by molar-refractivity contribution is 9.10. The lowest BCUT2D eigenvalue weighted by Crippen LogP contribution is -2.43. The third-order valence-electron chi connectivity index (χ3n) is 7.14. The number of pyridine rings is 1. The molecule has 0 spiro atoms. The molecule has 5 rings (SSSR count). The van der Waals surface area contributed by atoms with Gasteiger partial charge < -0.3 is 9.80 Å². The number of aromatic nitrogens is 2. The molecule has 1 fully saturated rings. The molecule has 2 aliphatic rings. The van der Waals surface area contributed by atoms with E-state index in [0.717, 1.165) is 40.4 Å². The second-order valence-corrected chi connectivity index (χ2v) is 11.3. The molecule has 4 heterocycles. The molecule has 2 amide bonds. The first-order valence-corrected chi connectivity index (χ1v) is 12.9. The minimum Gasteiger partial charge on any atom is -0.340 e. The summed E-state index contributed by atoms with van der Waals surface area (Å²) >= 11 is 3.66. The topological polar surface area (TPSA) is 75.5 Å². The molecular weight excluding hydrogens is 504 g/mol. The summed E-state index contributed by atoms with van der Waals surface area (Å²) in [4.78, 5) is 34.1. The van der Waals surface area contributed by atoms with Gasteiger partial charge in [0.15, 0.2) is 16.6 Å². The molecule has 33 heavy (non-hydrogen) atoms. The van der Waals surface area contributed by atoms with Crippen molar-refractivity contribution < 1.29 is 13.8 Å². The number of likely N-dealkylation sites (tertiary alicyclic amines) is 1. The lowest BCUT2D eigenvalue weighted by Gasteiger charge is -2.31. The Balaban J connectivity index is 1.66. The number of hydrogen-bond acceptors (Lipinski definition) is 4. The highest BCUT2D eigenvalue weighted by Crippen LogP contribution is 2.50. The van der Waals surface area contributed by atoms with Gasteiger partial charge in [0, 0.05) is 40.8 Å². The van der Waals surface area contributed by atoms with Crippen LogP contribution in [0.15, 0.2) is 52.1 Å². The summed E-state index contributed by atoms with van der Waals surface area (Å²) in [5, 5.41) is 0.792. The summed E-state index contributed by atoms with van der Waals surface area (Å²) in [7, 11) is 0.282. The fourth-order valence-electron chi connectivity index (χ4n) is 5.44. The zero-order valence-corrected chi connectivity index (χ0v) is 21.1. The molecule has 3 aromatic rings. The Hall–Kier alpha value is -2.52. The van der Waals surface area contributed by atoms with Crippen LogP contribution < -0.4 is 4.90 Å². The largest absolute Gasteiger partial charge is 0.340 e. The van der Waals surface area contributed by atoms with Crippen molar-refractivity contribution in [2.45, 2.75) is 55.5 Å². The van der Waals surface area contributed by atoms with E-state index in [-0.39, 0.29) is 18.0 Å². The second-order valence-electron chi connectivity index (χ2n) is 9.12. The van der Waals surface area contributed by atoms with Gasteiger partial charge in [0.25, 0.3) is 0 Å². The first-order valence-electron chi connectivity index (χ1n) is 11.0. The average Bonchev–Trinajstić information content (AvgIpc) is 3.41. The molecular formula is C24H25BrN4O3S. The number of likely N-dealkylation sites (N-methyl/N-ethyl adjacent to an activating group) is 1. The van der Waals surface area contributed by atoms with Gasteiger partial charge in [-0.05, 0) is 61.2 Å². The highest BCUT2D eigenvalue weighted by atomic mass is 79.9. The minimum atomic E-state index is -1.48. The van der Waals surface area contributed by atoms with Gasteiger partial charge in [0.1, 0.15) is 0 Å². The molecule has 9 heteroatoms. The molecule has 2 aromatic heterocycles. The van der Waals surface area contributed by atoms with Gasteiger partial charge in [-0.3, -0.25) is 9.59 Å². The zero-order valence-electron chi connectivity index (χ0n) is 18.7. The molecule has 0 saturated carbocycles. The number of benzene rings is 1. The number of carbonyl (C=O) groups is 2. The monoisotopic (exact) mass is 528 g/mol. The molecule has 4 unspecified atom stereocenters. The minimum absolute atomic E-state index is 0.00618. The zero-order chi connectivity index (χ0) is 23.5. The standard InChI is InChI=1S/C24H25BrN4O3S/c1-15-9-10-16(28(15)14-30)11-24(2)21-19(27(3)23(24)31)12-26-22-20(21)18(25)13-29(22)33(32)17-7-5-4-6-8-17/h4-8,12-16H,9-11H2,1-3H3. The summed E-state index contributed by atoms with van der Waals surface area (Å²) in [5.41, 5.74) is 1.36. The van der Waals surface area contributed by atoms with E-state index in [1.165, 1.54) is 0 Å². The Kier molecular flexibility index (Phi) is 5.44. The van der Waals surface area contributed by atoms with Gasteiger partial charge in [-0.1, -0.05) is 18.2 Å². The summed E-state index contributed by atoms with van der Waals surface area (Å²) in [6, 6.07) is 9.39. The molecule has 0 radical (unpaired) electrons. The van der Waals surface area contributed by atoms with E-state index in [4.69, 9.17) is 0 Å². The van der Waals surface area contributed by atoms with E-state index in [1.807, 2.05) is 49.1 Å². The van der Waals surface area contributed by atoms with E-state index < -0.39 is 16.4 Å². The van der Waals surface area contributed by atoms with Crippen LogP contribution in [0, 0.1) is 0 Å². The number of fused-ring (bicyclic) bond motifs is 3. The number of anilines is 1. The van der Waals surface area contributed by atoms with Gasteiger partial charge in [0.05, 0.1) is 22.2 Å². The third kappa shape index (κ3) is 3.27. The van der Waals surface area contributed by atoms with Crippen LogP contribution in [0.25, 0.3) is 11.0 Å². The first kappa shape index (κ1) is 22.3. The number of carbonyl (C=O) groups excluding carboxylic acids is 2. The third-order valence-corrected chi connectivity index (χ3v) is 9.06. The molecule has 1 aromatic carbocycles. The van der Waals surface area contributed by atoms with Crippen LogP contribution in [0.1, 0.15) is 38.7 Å². The quantitative estimate of drug-likeness (QED) is 0.469. The first-order chi connectivity index (χ1) is 15.8. The summed E-state index contributed by atoms with van der Waals surface area (Å²) in [6.45, 7) is 4.01. The Morgan fingerprint density at radius 3 is 2.70 bits per heavy atom. The van der Waals surface area contributed by atoms with Crippen LogP contribution in [-0.4, -0.2) is 49.5 Å². The summed E-state index contributed by atoms with van der Waals surface area (Å²) in [6.07, 6.45) is 6.72. The average molecular weight is 529 g/mol. The normalized spacial score (nSPS) is 25.6. The van der Waals surface area contributed by atoms with Crippen molar-refractivity contribution in [3.05, 3.63) is 52.8 Å². The van der Waals surface area contributed by atoms with Crippen molar-refractivity contribution in [3.8, 4) is 0 Å². The highest BCUT2D eigenvalue weighted by Gasteiger charge is 2.50. The van der Waals surface area contributed by atoms with E-state index in [1.54, 1.807) is 28.3 Å². The second kappa shape index (κ2) is 8.06. The molecule has 2 aliphatic heterocycles. The van der Waals surface area contributed by atoms with Gasteiger partial charge in [-0.2, -0.15) is 0 Å². The Bertz CT molecular complexity index is 1290. The Morgan fingerprint density at radius 2 is 2.00 bits per heavy atom. The maximum Gasteiger partial charge on any atom is 0.237 e. The van der Waals surface area contributed by atoms with Crippen molar-refractivity contribution in [1.29, 1.82) is 0 Å². The van der Waals surface area contributed by atoms with E-state index >= 15 is 0 Å². The SMILES string of the molecule is CC1CCC(CC2(C)C(=O)N(C)c3cnc4c(c(Br)cn4S(=O)c4ccccc4)c32)N1C=O. The van der Waals surface area contributed by atoms with Gasteiger partial charge in [-0.25, -0.2) is 13.2 Å². The van der Waals surface area contributed by atoms with E-state index in [9.17, 15) is 13.8 Å². The van der Waals surface area contributed by atoms with E-state index in [0.29, 0.717) is 17.0 Å². The lowest BCUT2D eigenvalue weighted by atomic mass is 9.77. The predicted molar refractivity (Wildman–Crippen MR) is 131 cm³/mol. The smallest absolute Gasteiger partial charge is 0.237 e. The summed E-state index contributed by atoms with van der Waals surface area (Å²) < 4.78 is 15.7. The van der Waals surface area contributed by atoms with Gasteiger partial charge in [0.2, 0.25) is 12.3 Å². The van der Waals surface area contributed by atoms with Crippen LogP contribution in [0.3, 0.4) is 0 Å². The Morgan fingerprint density at radius 1 is 1.27 bits per heavy atom. The number of hydrogen-bond donors (Lipinski definition) is 0. The van der Waals surface area contributed by atoms with Crippen LogP contribution in [-0.2, 0) is 26.0 Å². The Labute approximate surface area is 203 Å². The molecule has 0 bridgehead atoms. The van der Waals surface area contributed by atoms with E-state index in [2.05, 4.69) is 20.9 Å². The number of rotatable bonds is 5. The van der Waals surface area contributed by atoms with Crippen LogP contribution >= 0.6 is 15.9 Å². The molecule has 0 aliphatic carbocycles. The molecule has 4 atom stereocenters. The maximum absolute atomic E-state index is 13.6. The van der Waals surface area contributed by atoms with Crippen molar-refractivity contribution in [2.75, 3.05) is 11.9 Å². The fourth-order valence-corrected chi connectivity index (χ4v) is 7.27. The lowest BCUT2D eigenvalue weighted by molar-refractivity contribution is -0.125. The van der Waals surface area contributed by atoms with Gasteiger partial charge >= 0.3 is 0 Å². The number of nitrogens with zero attached hydrogens (tertiary/aromatic N) is 4. The van der Waals surface area contributed by atoms with Crippen LogP contribution in [0.5, 0.6) is 0 Å². The van der Waals surface area contributed by atoms with Crippen molar-refractivity contribution in [2.24, 2.45) is 0 Å². The fraction of sp³-hybridized carbons (Fsp3) is 0.375. The molecule has 1 saturated heterocycles. The van der Waals surface area contributed by atoms with Gasteiger partial charge in [-0.15, -0.1) is 0 Å². The van der Waals surface area contributed by atoms with Crippen molar-refractivity contribution >= 4 is 56.0 Å². The molecule has 172 valence electrons. The maximum atomic E-state index is 13.6. The summed E-state index contributed by atoms with van der Waals surface area (Å²) in [5.74, 6) is -0.0129. The van der Waals surface area contributed by atoms with Crippen LogP contribution in [0.2, 0.25) is 0 Å². The molecule has 0 N–H and O–H groups in total.